The minimum Gasteiger partial charge on any atom is -0.481 e. The minimum atomic E-state index is -0.662. The molecule has 0 aliphatic heterocycles. The van der Waals surface area contributed by atoms with Gasteiger partial charge in [-0.1, -0.05) is 6.07 Å². The lowest BCUT2D eigenvalue weighted by Crippen LogP contribution is -2.36. The number of nitrogens with two attached hydrogens (primary N) is 1. The Bertz CT molecular complexity index is 421. The summed E-state index contributed by atoms with van der Waals surface area (Å²) in [5.41, 5.74) is 6.03. The van der Waals surface area contributed by atoms with Crippen LogP contribution >= 0.6 is 0 Å². The second kappa shape index (κ2) is 6.35. The summed E-state index contributed by atoms with van der Waals surface area (Å²) in [7, 11) is 0. The van der Waals surface area contributed by atoms with Gasteiger partial charge in [0.1, 0.15) is 11.6 Å². The quantitative estimate of drug-likeness (QED) is 0.841. The number of rotatable bonds is 5. The molecule has 0 radical (unpaired) electrons. The zero-order valence-corrected chi connectivity index (χ0v) is 10.9. The minimum absolute atomic E-state index is 0.228. The fraction of sp³-hybridized carbons (Fsp3) is 0.462. The lowest BCUT2D eigenvalue weighted by atomic mass is 10.1. The van der Waals surface area contributed by atoms with E-state index in [9.17, 15) is 9.18 Å². The Morgan fingerprint density at radius 1 is 1.50 bits per heavy atom. The normalized spacial score (nSPS) is 13.8. The van der Waals surface area contributed by atoms with Crippen LogP contribution in [0.25, 0.3) is 0 Å². The van der Waals surface area contributed by atoms with Crippen molar-refractivity contribution in [3.8, 4) is 5.75 Å². The third-order valence-electron chi connectivity index (χ3n) is 2.50. The van der Waals surface area contributed by atoms with E-state index in [-0.39, 0.29) is 11.9 Å². The summed E-state index contributed by atoms with van der Waals surface area (Å²) in [6.07, 6.45) is -0.662. The van der Waals surface area contributed by atoms with E-state index in [1.165, 1.54) is 6.07 Å². The first-order valence-electron chi connectivity index (χ1n) is 5.95. The lowest BCUT2D eigenvalue weighted by molar-refractivity contribution is -0.127. The van der Waals surface area contributed by atoms with Crippen LogP contribution in [0.5, 0.6) is 5.75 Å². The van der Waals surface area contributed by atoms with E-state index in [0.717, 1.165) is 0 Å². The van der Waals surface area contributed by atoms with Gasteiger partial charge in [-0.05, 0) is 26.8 Å². The molecule has 0 bridgehead atoms. The third kappa shape index (κ3) is 3.70. The molecule has 18 heavy (non-hydrogen) atoms. The molecule has 0 spiro atoms. The van der Waals surface area contributed by atoms with Gasteiger partial charge in [-0.2, -0.15) is 0 Å². The highest BCUT2D eigenvalue weighted by Crippen LogP contribution is 2.21. The molecule has 0 aromatic heterocycles. The van der Waals surface area contributed by atoms with Gasteiger partial charge < -0.3 is 15.8 Å². The molecule has 2 unspecified atom stereocenters. The lowest BCUT2D eigenvalue weighted by Gasteiger charge is -2.15. The van der Waals surface area contributed by atoms with Crippen LogP contribution in [-0.2, 0) is 4.79 Å². The number of carbonyl (C=O) groups excluding carboxylic acids is 1. The zero-order chi connectivity index (χ0) is 13.7. The fourth-order valence-electron chi connectivity index (χ4n) is 1.53. The van der Waals surface area contributed by atoms with Crippen molar-refractivity contribution >= 4 is 5.91 Å². The molecule has 4 nitrogen and oxygen atoms in total. The fourth-order valence-corrected chi connectivity index (χ4v) is 1.53. The van der Waals surface area contributed by atoms with Gasteiger partial charge >= 0.3 is 0 Å². The zero-order valence-electron chi connectivity index (χ0n) is 10.9. The van der Waals surface area contributed by atoms with Crippen molar-refractivity contribution in [1.29, 1.82) is 0 Å². The van der Waals surface area contributed by atoms with Crippen molar-refractivity contribution in [2.75, 3.05) is 6.54 Å². The Labute approximate surface area is 106 Å². The number of nitrogens with one attached hydrogen (secondary N) is 1. The average molecular weight is 254 g/mol. The van der Waals surface area contributed by atoms with E-state index >= 15 is 0 Å². The molecule has 0 fully saturated rings. The maximum absolute atomic E-state index is 13.6. The van der Waals surface area contributed by atoms with Crippen LogP contribution in [-0.4, -0.2) is 18.6 Å². The van der Waals surface area contributed by atoms with Crippen LogP contribution in [0.3, 0.4) is 0 Å². The van der Waals surface area contributed by atoms with E-state index in [4.69, 9.17) is 10.5 Å². The van der Waals surface area contributed by atoms with Gasteiger partial charge in [0.25, 0.3) is 5.91 Å². The van der Waals surface area contributed by atoms with Crippen LogP contribution in [0.1, 0.15) is 32.4 Å². The number of carbonyl (C=O) groups is 1. The number of benzene rings is 1. The van der Waals surface area contributed by atoms with Crippen LogP contribution in [0.2, 0.25) is 0 Å². The second-order valence-electron chi connectivity index (χ2n) is 4.13. The van der Waals surface area contributed by atoms with Crippen LogP contribution in [0.4, 0.5) is 4.39 Å². The number of halogens is 1. The molecule has 0 aliphatic carbocycles. The van der Waals surface area contributed by atoms with Crippen molar-refractivity contribution in [2.24, 2.45) is 5.73 Å². The third-order valence-corrected chi connectivity index (χ3v) is 2.50. The van der Waals surface area contributed by atoms with Gasteiger partial charge in [0.05, 0.1) is 0 Å². The number of amides is 1. The summed E-state index contributed by atoms with van der Waals surface area (Å²) in [5.74, 6) is -0.338. The molecule has 3 N–H and O–H groups in total. The summed E-state index contributed by atoms with van der Waals surface area (Å²) in [6.45, 7) is 5.67. The first-order chi connectivity index (χ1) is 8.45. The van der Waals surface area contributed by atoms with Crippen molar-refractivity contribution in [2.45, 2.75) is 32.9 Å². The molecule has 5 heteroatoms. The number of hydrogen-bond donors (Lipinski definition) is 2. The van der Waals surface area contributed by atoms with Crippen LogP contribution in [0.15, 0.2) is 18.2 Å². The molecule has 0 saturated carbocycles. The van der Waals surface area contributed by atoms with E-state index in [2.05, 4.69) is 5.32 Å². The van der Waals surface area contributed by atoms with E-state index < -0.39 is 11.9 Å². The highest BCUT2D eigenvalue weighted by atomic mass is 19.1. The van der Waals surface area contributed by atoms with Gasteiger partial charge in [-0.25, -0.2) is 4.39 Å². The van der Waals surface area contributed by atoms with Gasteiger partial charge in [0.15, 0.2) is 6.10 Å². The largest absolute Gasteiger partial charge is 0.481 e. The molecule has 0 aliphatic rings. The molecule has 0 saturated heterocycles. The number of hydrogen-bond acceptors (Lipinski definition) is 3. The van der Waals surface area contributed by atoms with E-state index in [0.29, 0.717) is 17.9 Å². The summed E-state index contributed by atoms with van der Waals surface area (Å²) in [6, 6.07) is 4.05. The molecule has 0 heterocycles. The number of ether oxygens (including phenoxy) is 1. The van der Waals surface area contributed by atoms with Crippen molar-refractivity contribution in [1.82, 2.24) is 5.32 Å². The van der Waals surface area contributed by atoms with Crippen LogP contribution < -0.4 is 15.8 Å². The molecule has 1 amide bonds. The Hall–Kier alpha value is -1.62. The van der Waals surface area contributed by atoms with Gasteiger partial charge in [-0.15, -0.1) is 0 Å². The Balaban J connectivity index is 2.74. The monoisotopic (exact) mass is 254 g/mol. The molecule has 1 aromatic carbocycles. The summed E-state index contributed by atoms with van der Waals surface area (Å²) in [5, 5.41) is 2.63. The highest BCUT2D eigenvalue weighted by molar-refractivity contribution is 5.80. The molecule has 1 rings (SSSR count). The smallest absolute Gasteiger partial charge is 0.260 e. The standard InChI is InChI=1S/C13H19FN2O2/c1-4-16-13(17)9(3)18-10-5-6-11(8(2)15)12(14)7-10/h5-9H,4,15H2,1-3H3,(H,16,17). The SMILES string of the molecule is CCNC(=O)C(C)Oc1ccc(C(C)N)c(F)c1. The Morgan fingerprint density at radius 3 is 2.67 bits per heavy atom. The summed E-state index contributed by atoms with van der Waals surface area (Å²) >= 11 is 0. The first kappa shape index (κ1) is 14.4. The average Bonchev–Trinajstić information content (AvgIpc) is 2.28. The van der Waals surface area contributed by atoms with Gasteiger partial charge in [0.2, 0.25) is 0 Å². The van der Waals surface area contributed by atoms with E-state index in [1.54, 1.807) is 26.0 Å². The van der Waals surface area contributed by atoms with Crippen molar-refractivity contribution in [3.63, 3.8) is 0 Å². The van der Waals surface area contributed by atoms with Crippen molar-refractivity contribution in [3.05, 3.63) is 29.6 Å². The first-order valence-corrected chi connectivity index (χ1v) is 5.95. The van der Waals surface area contributed by atoms with Gasteiger partial charge in [0, 0.05) is 24.2 Å². The summed E-state index contributed by atoms with van der Waals surface area (Å²) in [4.78, 5) is 11.5. The van der Waals surface area contributed by atoms with Crippen molar-refractivity contribution < 1.29 is 13.9 Å². The molecular formula is C13H19FN2O2. The predicted octanol–water partition coefficient (Wildman–Crippen LogP) is 1.75. The maximum Gasteiger partial charge on any atom is 0.260 e. The van der Waals surface area contributed by atoms with Gasteiger partial charge in [-0.3, -0.25) is 4.79 Å². The Morgan fingerprint density at radius 2 is 2.17 bits per heavy atom. The molecular weight excluding hydrogens is 235 g/mol. The molecule has 1 aromatic rings. The topological polar surface area (TPSA) is 64.3 Å². The van der Waals surface area contributed by atoms with Crippen LogP contribution in [0, 0.1) is 5.82 Å². The Kier molecular flexibility index (Phi) is 5.09. The molecule has 2 atom stereocenters. The van der Waals surface area contributed by atoms with E-state index in [1.807, 2.05) is 6.92 Å². The summed E-state index contributed by atoms with van der Waals surface area (Å²) < 4.78 is 19.0. The predicted molar refractivity (Wildman–Crippen MR) is 67.8 cm³/mol. The second-order valence-corrected chi connectivity index (χ2v) is 4.13. The molecule has 100 valence electrons. The number of likely N-dealkylation sites (N-methyl/N-ethyl adjacent to an activating group) is 1. The highest BCUT2D eigenvalue weighted by Gasteiger charge is 2.15. The maximum atomic E-state index is 13.6.